The van der Waals surface area contributed by atoms with Gasteiger partial charge in [-0.1, -0.05) is 20.8 Å². The van der Waals surface area contributed by atoms with E-state index in [1.807, 2.05) is 20.8 Å². The quantitative estimate of drug-likeness (QED) is 0.486. The average Bonchev–Trinajstić information content (AvgIpc) is 3.06. The molecule has 1 atom stereocenters. The largest absolute Gasteiger partial charge is 0.356 e. The molecule has 0 aliphatic heterocycles. The molecule has 6 heteroatoms. The van der Waals surface area contributed by atoms with Crippen LogP contribution in [0.4, 0.5) is 13.2 Å². The van der Waals surface area contributed by atoms with E-state index in [9.17, 15) is 18.0 Å². The summed E-state index contributed by atoms with van der Waals surface area (Å²) in [5.74, 6) is -0.895. The Labute approximate surface area is 180 Å². The minimum atomic E-state index is -0.643. The van der Waals surface area contributed by atoms with Crippen LogP contribution in [0, 0.1) is 35.2 Å². The number of H-pyrrole nitrogens is 1. The molecule has 1 aliphatic rings. The lowest BCUT2D eigenvalue weighted by Crippen LogP contribution is -2.38. The van der Waals surface area contributed by atoms with Crippen LogP contribution in [0.15, 0.2) is 36.4 Å². The first-order valence-corrected chi connectivity index (χ1v) is 10.8. The van der Waals surface area contributed by atoms with E-state index >= 15 is 0 Å². The van der Waals surface area contributed by atoms with Gasteiger partial charge in [-0.3, -0.25) is 4.79 Å². The average molecular weight is 428 g/mol. The van der Waals surface area contributed by atoms with Crippen molar-refractivity contribution in [3.8, 4) is 11.3 Å². The number of nitrogens with one attached hydrogen (secondary N) is 2. The Morgan fingerprint density at radius 2 is 1.74 bits per heavy atom. The maximum absolute atomic E-state index is 14.5. The third-order valence-corrected chi connectivity index (χ3v) is 6.62. The fourth-order valence-electron chi connectivity index (χ4n) is 4.36. The molecule has 0 bridgehead atoms. The lowest BCUT2D eigenvalue weighted by Gasteiger charge is -2.36. The molecule has 2 N–H and O–H groups in total. The van der Waals surface area contributed by atoms with Gasteiger partial charge in [0.05, 0.1) is 11.2 Å². The molecule has 4 rings (SSSR count). The van der Waals surface area contributed by atoms with Gasteiger partial charge in [-0.2, -0.15) is 0 Å². The SMILES string of the molecule is CC(C)C(C)C(=O)NCC1CC(c2c(-c3ccc(F)cc3)[nH]c3c(F)cc(F)cc23)C1. The molecule has 1 saturated carbocycles. The Balaban J connectivity index is 1.58. The summed E-state index contributed by atoms with van der Waals surface area (Å²) in [6.45, 7) is 6.57. The number of amides is 1. The van der Waals surface area contributed by atoms with Gasteiger partial charge in [-0.25, -0.2) is 13.2 Å². The second kappa shape index (κ2) is 8.40. The van der Waals surface area contributed by atoms with Crippen molar-refractivity contribution in [1.29, 1.82) is 0 Å². The Bertz CT molecular complexity index is 1100. The summed E-state index contributed by atoms with van der Waals surface area (Å²) in [5.41, 5.74) is 2.55. The van der Waals surface area contributed by atoms with Gasteiger partial charge in [0, 0.05) is 23.9 Å². The monoisotopic (exact) mass is 428 g/mol. The topological polar surface area (TPSA) is 44.9 Å². The Morgan fingerprint density at radius 1 is 1.06 bits per heavy atom. The smallest absolute Gasteiger partial charge is 0.223 e. The van der Waals surface area contributed by atoms with Crippen LogP contribution in [-0.4, -0.2) is 17.4 Å². The minimum Gasteiger partial charge on any atom is -0.356 e. The zero-order valence-corrected chi connectivity index (χ0v) is 17.9. The molecule has 2 aromatic carbocycles. The highest BCUT2D eigenvalue weighted by molar-refractivity contribution is 5.92. The number of benzene rings is 2. The molecule has 1 aromatic heterocycles. The second-order valence-electron chi connectivity index (χ2n) is 9.04. The Morgan fingerprint density at radius 3 is 2.39 bits per heavy atom. The van der Waals surface area contributed by atoms with Gasteiger partial charge in [0.25, 0.3) is 0 Å². The fourth-order valence-corrected chi connectivity index (χ4v) is 4.36. The van der Waals surface area contributed by atoms with E-state index < -0.39 is 11.6 Å². The lowest BCUT2D eigenvalue weighted by molar-refractivity contribution is -0.126. The number of rotatable bonds is 6. The first-order valence-electron chi connectivity index (χ1n) is 10.8. The van der Waals surface area contributed by atoms with Crippen LogP contribution in [-0.2, 0) is 4.79 Å². The highest BCUT2D eigenvalue weighted by Crippen LogP contribution is 2.48. The van der Waals surface area contributed by atoms with Crippen molar-refractivity contribution in [2.75, 3.05) is 6.54 Å². The van der Waals surface area contributed by atoms with E-state index in [0.29, 0.717) is 23.5 Å². The summed E-state index contributed by atoms with van der Waals surface area (Å²) >= 11 is 0. The first-order chi connectivity index (χ1) is 14.7. The van der Waals surface area contributed by atoms with E-state index in [0.717, 1.165) is 30.0 Å². The maximum Gasteiger partial charge on any atom is 0.223 e. The number of fused-ring (bicyclic) bond motifs is 1. The molecule has 1 unspecified atom stereocenters. The number of aromatic amines is 1. The van der Waals surface area contributed by atoms with E-state index in [1.54, 1.807) is 12.1 Å². The van der Waals surface area contributed by atoms with Crippen LogP contribution in [0.25, 0.3) is 22.2 Å². The van der Waals surface area contributed by atoms with E-state index in [4.69, 9.17) is 0 Å². The number of hydrogen-bond donors (Lipinski definition) is 2. The van der Waals surface area contributed by atoms with Crippen molar-refractivity contribution in [3.05, 3.63) is 59.4 Å². The molecule has 3 aromatic rings. The Hall–Kier alpha value is -2.76. The number of halogens is 3. The predicted octanol–water partition coefficient (Wildman–Crippen LogP) is 6.15. The zero-order chi connectivity index (χ0) is 22.3. The second-order valence-corrected chi connectivity index (χ2v) is 9.04. The molecule has 0 saturated heterocycles. The first kappa shape index (κ1) is 21.5. The highest BCUT2D eigenvalue weighted by atomic mass is 19.1. The molecule has 1 heterocycles. The number of hydrogen-bond acceptors (Lipinski definition) is 1. The van der Waals surface area contributed by atoms with Crippen LogP contribution >= 0.6 is 0 Å². The minimum absolute atomic E-state index is 0.0412. The number of aromatic nitrogens is 1. The molecule has 164 valence electrons. The van der Waals surface area contributed by atoms with Crippen LogP contribution < -0.4 is 5.32 Å². The summed E-state index contributed by atoms with van der Waals surface area (Å²) in [4.78, 5) is 15.3. The fraction of sp³-hybridized carbons (Fsp3) is 0.400. The van der Waals surface area contributed by atoms with Gasteiger partial charge >= 0.3 is 0 Å². The standard InChI is InChI=1S/C25H27F3N2O/c1-13(2)14(3)25(31)29-12-15-8-17(9-15)22-20-10-19(27)11-21(28)24(20)30-23(22)16-4-6-18(26)7-5-16/h4-7,10-11,13-15,17,30H,8-9,12H2,1-3H3,(H,29,31). The van der Waals surface area contributed by atoms with Crippen LogP contribution in [0.5, 0.6) is 0 Å². The summed E-state index contributed by atoms with van der Waals surface area (Å²) in [5, 5.41) is 3.56. The maximum atomic E-state index is 14.5. The molecule has 31 heavy (non-hydrogen) atoms. The third kappa shape index (κ3) is 4.21. The molecule has 3 nitrogen and oxygen atoms in total. The number of carbonyl (C=O) groups excluding carboxylic acids is 1. The van der Waals surface area contributed by atoms with E-state index in [1.165, 1.54) is 18.2 Å². The summed E-state index contributed by atoms with van der Waals surface area (Å²) in [6, 6.07) is 8.22. The van der Waals surface area contributed by atoms with Gasteiger partial charge in [0.2, 0.25) is 5.91 Å². The van der Waals surface area contributed by atoms with Crippen molar-refractivity contribution in [1.82, 2.24) is 10.3 Å². The van der Waals surface area contributed by atoms with Gasteiger partial charge in [0.1, 0.15) is 17.5 Å². The molecular weight excluding hydrogens is 401 g/mol. The predicted molar refractivity (Wildman–Crippen MR) is 116 cm³/mol. The number of carbonyl (C=O) groups is 1. The summed E-state index contributed by atoms with van der Waals surface area (Å²) in [7, 11) is 0. The molecule has 1 aliphatic carbocycles. The van der Waals surface area contributed by atoms with Crippen molar-refractivity contribution < 1.29 is 18.0 Å². The molecule has 1 amide bonds. The summed E-state index contributed by atoms with van der Waals surface area (Å²) < 4.78 is 41.9. The van der Waals surface area contributed by atoms with Crippen LogP contribution in [0.3, 0.4) is 0 Å². The van der Waals surface area contributed by atoms with Gasteiger partial charge in [-0.15, -0.1) is 0 Å². The zero-order valence-electron chi connectivity index (χ0n) is 17.9. The molecule has 0 spiro atoms. The van der Waals surface area contributed by atoms with E-state index in [-0.39, 0.29) is 35.0 Å². The van der Waals surface area contributed by atoms with Crippen LogP contribution in [0.2, 0.25) is 0 Å². The van der Waals surface area contributed by atoms with Gasteiger partial charge in [-0.05, 0) is 72.1 Å². The highest BCUT2D eigenvalue weighted by Gasteiger charge is 2.35. The third-order valence-electron chi connectivity index (χ3n) is 6.62. The normalized spacial score (nSPS) is 19.5. The molecule has 1 fully saturated rings. The van der Waals surface area contributed by atoms with Gasteiger partial charge < -0.3 is 10.3 Å². The van der Waals surface area contributed by atoms with E-state index in [2.05, 4.69) is 10.3 Å². The van der Waals surface area contributed by atoms with Crippen molar-refractivity contribution in [2.24, 2.45) is 17.8 Å². The molecule has 0 radical (unpaired) electrons. The summed E-state index contributed by atoms with van der Waals surface area (Å²) in [6.07, 6.45) is 1.63. The van der Waals surface area contributed by atoms with Crippen molar-refractivity contribution in [2.45, 2.75) is 39.5 Å². The van der Waals surface area contributed by atoms with Crippen molar-refractivity contribution >= 4 is 16.8 Å². The Kier molecular flexibility index (Phi) is 5.82. The van der Waals surface area contributed by atoms with Crippen molar-refractivity contribution in [3.63, 3.8) is 0 Å². The lowest BCUT2D eigenvalue weighted by atomic mass is 9.70. The van der Waals surface area contributed by atoms with Gasteiger partial charge in [0.15, 0.2) is 0 Å². The van der Waals surface area contributed by atoms with Crippen LogP contribution in [0.1, 0.15) is 45.1 Å². The molecular formula is C25H27F3N2O.